The highest BCUT2D eigenvalue weighted by molar-refractivity contribution is 6.41. The maximum absolute atomic E-state index is 12.0. The maximum Gasteiger partial charge on any atom is 0.197 e. The van der Waals surface area contributed by atoms with Crippen molar-refractivity contribution in [2.75, 3.05) is 0 Å². The zero-order valence-corrected chi connectivity index (χ0v) is 8.84. The van der Waals surface area contributed by atoms with Gasteiger partial charge in [-0.2, -0.15) is 0 Å². The van der Waals surface area contributed by atoms with Crippen LogP contribution in [-0.2, 0) is 0 Å². The fourth-order valence-corrected chi connectivity index (χ4v) is 1.93. The summed E-state index contributed by atoms with van der Waals surface area (Å²) in [5, 5.41) is 0. The number of fused-ring (bicyclic) bond motifs is 1. The molecule has 1 aromatic heterocycles. The third-order valence-corrected chi connectivity index (χ3v) is 2.76. The van der Waals surface area contributed by atoms with E-state index in [1.807, 2.05) is 0 Å². The van der Waals surface area contributed by atoms with Crippen LogP contribution in [0.2, 0.25) is 0 Å². The van der Waals surface area contributed by atoms with Crippen molar-refractivity contribution in [3.05, 3.63) is 65.1 Å². The van der Waals surface area contributed by atoms with Crippen molar-refractivity contribution in [2.45, 2.75) is 0 Å². The van der Waals surface area contributed by atoms with Crippen LogP contribution in [0.4, 0.5) is 0 Å². The molecule has 3 nitrogen and oxygen atoms in total. The number of hydrogen-bond acceptors (Lipinski definition) is 3. The molecule has 1 heterocycles. The standard InChI is InChI=1S/C14H8O3/c15-13-10-3-1-2-4-11(10)14(16)12(13)7-9-5-6-17-8-9/h1-8H. The predicted octanol–water partition coefficient (Wildman–Crippen LogP) is 2.74. The third kappa shape index (κ3) is 1.44. The van der Waals surface area contributed by atoms with Crippen LogP contribution < -0.4 is 0 Å². The molecule has 3 rings (SSSR count). The van der Waals surface area contributed by atoms with Gasteiger partial charge in [-0.1, -0.05) is 24.3 Å². The summed E-state index contributed by atoms with van der Waals surface area (Å²) in [5.41, 5.74) is 1.88. The van der Waals surface area contributed by atoms with Crippen molar-refractivity contribution >= 4 is 17.6 Å². The second-order valence-electron chi connectivity index (χ2n) is 3.82. The molecule has 82 valence electrons. The van der Waals surface area contributed by atoms with Crippen molar-refractivity contribution < 1.29 is 14.0 Å². The lowest BCUT2D eigenvalue weighted by atomic mass is 10.1. The smallest absolute Gasteiger partial charge is 0.197 e. The summed E-state index contributed by atoms with van der Waals surface area (Å²) in [5.74, 6) is -0.432. The molecule has 3 heteroatoms. The van der Waals surface area contributed by atoms with Crippen LogP contribution in [-0.4, -0.2) is 11.6 Å². The van der Waals surface area contributed by atoms with Crippen molar-refractivity contribution in [3.8, 4) is 0 Å². The fourth-order valence-electron chi connectivity index (χ4n) is 1.93. The van der Waals surface area contributed by atoms with E-state index in [0.29, 0.717) is 11.1 Å². The van der Waals surface area contributed by atoms with Crippen LogP contribution in [0.25, 0.3) is 6.08 Å². The summed E-state index contributed by atoms with van der Waals surface area (Å²) < 4.78 is 4.91. The molecule has 0 saturated heterocycles. The lowest BCUT2D eigenvalue weighted by molar-refractivity contribution is 0.0990. The number of ketones is 2. The second kappa shape index (κ2) is 3.56. The molecule has 0 fully saturated rings. The SMILES string of the molecule is O=C1C(=Cc2ccoc2)C(=O)c2ccccc21. The molecule has 0 saturated carbocycles. The normalized spacial score (nSPS) is 14.0. The minimum absolute atomic E-state index is 0.201. The van der Waals surface area contributed by atoms with Gasteiger partial charge in [0.2, 0.25) is 0 Å². The van der Waals surface area contributed by atoms with Gasteiger partial charge in [0.25, 0.3) is 0 Å². The first-order valence-corrected chi connectivity index (χ1v) is 5.20. The second-order valence-corrected chi connectivity index (χ2v) is 3.82. The van der Waals surface area contributed by atoms with Gasteiger partial charge >= 0.3 is 0 Å². The summed E-state index contributed by atoms with van der Waals surface area (Å²) >= 11 is 0. The molecular weight excluding hydrogens is 216 g/mol. The molecule has 0 radical (unpaired) electrons. The van der Waals surface area contributed by atoms with E-state index in [-0.39, 0.29) is 17.1 Å². The molecule has 17 heavy (non-hydrogen) atoms. The van der Waals surface area contributed by atoms with Crippen molar-refractivity contribution in [1.82, 2.24) is 0 Å². The highest BCUT2D eigenvalue weighted by Gasteiger charge is 2.32. The van der Waals surface area contributed by atoms with Crippen LogP contribution >= 0.6 is 0 Å². The van der Waals surface area contributed by atoms with Gasteiger partial charge in [-0.15, -0.1) is 0 Å². The van der Waals surface area contributed by atoms with Gasteiger partial charge in [0.15, 0.2) is 11.6 Å². The van der Waals surface area contributed by atoms with Gasteiger partial charge in [-0.25, -0.2) is 0 Å². The molecule has 0 spiro atoms. The number of hydrogen-bond donors (Lipinski definition) is 0. The Labute approximate surface area is 97.4 Å². The van der Waals surface area contributed by atoms with Gasteiger partial charge in [0, 0.05) is 16.7 Å². The van der Waals surface area contributed by atoms with E-state index < -0.39 is 0 Å². The molecule has 0 bridgehead atoms. The Hall–Kier alpha value is -2.42. The summed E-state index contributed by atoms with van der Waals surface area (Å²) in [6.07, 6.45) is 4.56. The van der Waals surface area contributed by atoms with E-state index >= 15 is 0 Å². The highest BCUT2D eigenvalue weighted by atomic mass is 16.3. The summed E-state index contributed by atoms with van der Waals surface area (Å²) in [7, 11) is 0. The van der Waals surface area contributed by atoms with Crippen LogP contribution in [0.15, 0.2) is 52.8 Å². The molecule has 1 aliphatic carbocycles. The van der Waals surface area contributed by atoms with Gasteiger partial charge in [-0.3, -0.25) is 9.59 Å². The Morgan fingerprint density at radius 1 is 0.941 bits per heavy atom. The van der Waals surface area contributed by atoms with Crippen LogP contribution in [0, 0.1) is 0 Å². The number of furan rings is 1. The van der Waals surface area contributed by atoms with Crippen molar-refractivity contribution in [1.29, 1.82) is 0 Å². The number of Topliss-reactive ketones (excluding diaryl/α,β-unsaturated/α-hetero) is 2. The monoisotopic (exact) mass is 224 g/mol. The molecule has 1 aromatic carbocycles. The van der Waals surface area contributed by atoms with Crippen LogP contribution in [0.1, 0.15) is 26.3 Å². The van der Waals surface area contributed by atoms with E-state index in [2.05, 4.69) is 0 Å². The van der Waals surface area contributed by atoms with Gasteiger partial charge in [0.1, 0.15) is 0 Å². The Morgan fingerprint density at radius 2 is 1.59 bits per heavy atom. The van der Waals surface area contributed by atoms with E-state index in [9.17, 15) is 9.59 Å². The van der Waals surface area contributed by atoms with E-state index in [1.54, 1.807) is 36.4 Å². The molecule has 0 N–H and O–H groups in total. The minimum atomic E-state index is -0.216. The van der Waals surface area contributed by atoms with E-state index in [0.717, 1.165) is 5.56 Å². The number of allylic oxidation sites excluding steroid dienone is 1. The molecular formula is C14H8O3. The van der Waals surface area contributed by atoms with Crippen LogP contribution in [0.5, 0.6) is 0 Å². The lowest BCUT2D eigenvalue weighted by Crippen LogP contribution is -1.99. The average Bonchev–Trinajstić information content (AvgIpc) is 2.94. The average molecular weight is 224 g/mol. The number of benzene rings is 1. The minimum Gasteiger partial charge on any atom is -0.472 e. The topological polar surface area (TPSA) is 47.3 Å². The zero-order valence-electron chi connectivity index (χ0n) is 8.84. The van der Waals surface area contributed by atoms with Gasteiger partial charge in [0.05, 0.1) is 18.1 Å². The Kier molecular flexibility index (Phi) is 2.05. The summed E-state index contributed by atoms with van der Waals surface area (Å²) in [6.45, 7) is 0. The molecule has 2 aromatic rings. The van der Waals surface area contributed by atoms with Crippen molar-refractivity contribution in [2.24, 2.45) is 0 Å². The molecule has 1 aliphatic rings. The first-order valence-electron chi connectivity index (χ1n) is 5.20. The van der Waals surface area contributed by atoms with E-state index in [4.69, 9.17) is 4.42 Å². The quantitative estimate of drug-likeness (QED) is 0.552. The Balaban J connectivity index is 2.13. The predicted molar refractivity (Wildman–Crippen MR) is 61.8 cm³/mol. The summed E-state index contributed by atoms with van der Waals surface area (Å²) in [6, 6.07) is 8.56. The van der Waals surface area contributed by atoms with Crippen LogP contribution in [0.3, 0.4) is 0 Å². The Bertz CT molecular complexity index is 596. The van der Waals surface area contributed by atoms with Crippen molar-refractivity contribution in [3.63, 3.8) is 0 Å². The first kappa shape index (κ1) is 9.78. The highest BCUT2D eigenvalue weighted by Crippen LogP contribution is 2.27. The largest absolute Gasteiger partial charge is 0.472 e. The Morgan fingerprint density at radius 3 is 2.12 bits per heavy atom. The molecule has 0 amide bonds. The van der Waals surface area contributed by atoms with Gasteiger partial charge < -0.3 is 4.42 Å². The number of carbonyl (C=O) groups is 2. The lowest BCUT2D eigenvalue weighted by Gasteiger charge is -1.90. The number of rotatable bonds is 1. The maximum atomic E-state index is 12.0. The summed E-state index contributed by atoms with van der Waals surface area (Å²) in [4.78, 5) is 24.0. The fraction of sp³-hybridized carbons (Fsp3) is 0. The zero-order chi connectivity index (χ0) is 11.8. The molecule has 0 atom stereocenters. The third-order valence-electron chi connectivity index (χ3n) is 2.76. The van der Waals surface area contributed by atoms with Gasteiger partial charge in [-0.05, 0) is 12.1 Å². The first-order chi connectivity index (χ1) is 8.27. The molecule has 0 unspecified atom stereocenters. The number of carbonyl (C=O) groups excluding carboxylic acids is 2. The molecule has 0 aliphatic heterocycles. The van der Waals surface area contributed by atoms with E-state index in [1.165, 1.54) is 12.5 Å².